The fourth-order valence-corrected chi connectivity index (χ4v) is 8.73. The van der Waals surface area contributed by atoms with E-state index in [0.717, 1.165) is 79.7 Å². The van der Waals surface area contributed by atoms with E-state index in [4.69, 9.17) is 9.41 Å². The molecule has 1 aliphatic heterocycles. The Labute approximate surface area is 337 Å². The third kappa shape index (κ3) is 5.96. The molecule has 274 valence electrons. The number of aliphatic imine (C=N–C) groups is 1. The largest absolute Gasteiger partial charge is 0.456 e. The molecule has 0 saturated heterocycles. The maximum Gasteiger partial charge on any atom is 0.136 e. The van der Waals surface area contributed by atoms with E-state index in [0.29, 0.717) is 0 Å². The van der Waals surface area contributed by atoms with Gasteiger partial charge < -0.3 is 8.98 Å². The molecule has 0 atom stereocenters. The summed E-state index contributed by atoms with van der Waals surface area (Å²) in [5.74, 6) is 0. The van der Waals surface area contributed by atoms with Gasteiger partial charge in [-0.15, -0.1) is 0 Å². The van der Waals surface area contributed by atoms with E-state index in [-0.39, 0.29) is 0 Å². The topological polar surface area (TPSA) is 30.4 Å². The Hall–Kier alpha value is -7.49. The molecule has 0 saturated carbocycles. The smallest absolute Gasteiger partial charge is 0.136 e. The van der Waals surface area contributed by atoms with Crippen molar-refractivity contribution >= 4 is 60.7 Å². The van der Waals surface area contributed by atoms with Gasteiger partial charge in [0.05, 0.1) is 22.4 Å². The molecular weight excluding hydrogens is 705 g/mol. The van der Waals surface area contributed by atoms with Gasteiger partial charge in [-0.25, -0.2) is 4.99 Å². The van der Waals surface area contributed by atoms with Crippen LogP contribution in [0.25, 0.3) is 83.0 Å². The first-order valence-electron chi connectivity index (χ1n) is 20.0. The van der Waals surface area contributed by atoms with Gasteiger partial charge in [0.25, 0.3) is 0 Å². The molecule has 0 fully saturated rings. The quantitative estimate of drug-likeness (QED) is 0.167. The van der Waals surface area contributed by atoms with E-state index in [1.807, 2.05) is 0 Å². The molecule has 1 aliphatic rings. The van der Waals surface area contributed by atoms with E-state index in [1.165, 1.54) is 38.5 Å². The molecule has 0 spiro atoms. The Morgan fingerprint density at radius 2 is 1.10 bits per heavy atom. The summed E-state index contributed by atoms with van der Waals surface area (Å²) in [6.45, 7) is 0. The first-order valence-corrected chi connectivity index (χ1v) is 20.0. The van der Waals surface area contributed by atoms with E-state index in [1.54, 1.807) is 0 Å². The lowest BCUT2D eigenvalue weighted by molar-refractivity contribution is 0.669. The Morgan fingerprint density at radius 1 is 0.448 bits per heavy atom. The Morgan fingerprint density at radius 3 is 1.93 bits per heavy atom. The van der Waals surface area contributed by atoms with Crippen molar-refractivity contribution in [2.24, 2.45) is 4.99 Å². The van der Waals surface area contributed by atoms with Gasteiger partial charge in [-0.3, -0.25) is 0 Å². The average Bonchev–Trinajstić information content (AvgIpc) is 3.83. The lowest BCUT2D eigenvalue weighted by atomic mass is 9.94. The van der Waals surface area contributed by atoms with Crippen molar-refractivity contribution in [2.75, 3.05) is 0 Å². The van der Waals surface area contributed by atoms with Crippen LogP contribution >= 0.6 is 0 Å². The van der Waals surface area contributed by atoms with Crippen LogP contribution in [0.5, 0.6) is 0 Å². The Kier molecular flexibility index (Phi) is 8.29. The van der Waals surface area contributed by atoms with Crippen molar-refractivity contribution in [1.29, 1.82) is 0 Å². The highest BCUT2D eigenvalue weighted by Crippen LogP contribution is 2.41. The number of rotatable bonds is 6. The standard InChI is InChI=1S/C55H38N2O/c1-4-15-37(16-5-1)39-19-13-26-49(56-50(36-39)38-17-6-2-7-18-38)43-21-12-20-42(33-43)45-25-14-28-54-55(45)48-35-41(30-32-53(48)58-54)40-29-31-52-47(34-40)46-24-10-11-27-51(46)57(52)44-22-8-3-9-23-44/h1-12,14-18,20-36H,13,19H2/b39-36+,49-26?,56-50?. The molecule has 58 heavy (non-hydrogen) atoms. The van der Waals surface area contributed by atoms with E-state index >= 15 is 0 Å². The van der Waals surface area contributed by atoms with Crippen molar-refractivity contribution in [3.63, 3.8) is 0 Å². The summed E-state index contributed by atoms with van der Waals surface area (Å²) in [6.07, 6.45) is 6.40. The Balaban J connectivity index is 1.01. The predicted molar refractivity (Wildman–Crippen MR) is 244 cm³/mol. The van der Waals surface area contributed by atoms with E-state index in [9.17, 15) is 0 Å². The van der Waals surface area contributed by atoms with Gasteiger partial charge in [-0.2, -0.15) is 0 Å². The number of nitrogens with zero attached hydrogens (tertiary/aromatic N) is 2. The second-order valence-corrected chi connectivity index (χ2v) is 15.0. The molecule has 0 amide bonds. The highest BCUT2D eigenvalue weighted by Gasteiger charge is 2.18. The van der Waals surface area contributed by atoms with Crippen LogP contribution in [0.1, 0.15) is 29.5 Å². The highest BCUT2D eigenvalue weighted by atomic mass is 16.3. The average molecular weight is 743 g/mol. The molecule has 3 heteroatoms. The van der Waals surface area contributed by atoms with Crippen LogP contribution in [-0.2, 0) is 0 Å². The van der Waals surface area contributed by atoms with Crippen molar-refractivity contribution in [1.82, 2.24) is 4.57 Å². The number of allylic oxidation sites excluding steroid dienone is 3. The summed E-state index contributed by atoms with van der Waals surface area (Å²) < 4.78 is 8.89. The highest BCUT2D eigenvalue weighted by molar-refractivity contribution is 6.16. The number of hydrogen-bond donors (Lipinski definition) is 0. The van der Waals surface area contributed by atoms with Crippen molar-refractivity contribution in [3.05, 3.63) is 223 Å². The summed E-state index contributed by atoms with van der Waals surface area (Å²) in [4.78, 5) is 5.37. The van der Waals surface area contributed by atoms with Gasteiger partial charge in [-0.05, 0) is 107 Å². The monoisotopic (exact) mass is 742 g/mol. The third-order valence-corrected chi connectivity index (χ3v) is 11.5. The van der Waals surface area contributed by atoms with Gasteiger partial charge in [0.15, 0.2) is 0 Å². The summed E-state index contributed by atoms with van der Waals surface area (Å²) in [7, 11) is 0. The minimum absolute atomic E-state index is 0.879. The van der Waals surface area contributed by atoms with Crippen LogP contribution in [0.3, 0.4) is 0 Å². The van der Waals surface area contributed by atoms with Gasteiger partial charge in [0.2, 0.25) is 0 Å². The fourth-order valence-electron chi connectivity index (χ4n) is 8.73. The van der Waals surface area contributed by atoms with Crippen LogP contribution < -0.4 is 0 Å². The number of furan rings is 1. The van der Waals surface area contributed by atoms with E-state index < -0.39 is 0 Å². The van der Waals surface area contributed by atoms with Crippen LogP contribution in [0.4, 0.5) is 0 Å². The molecule has 0 radical (unpaired) electrons. The molecule has 0 unspecified atom stereocenters. The van der Waals surface area contributed by atoms with Crippen LogP contribution in [0.2, 0.25) is 0 Å². The molecular formula is C55H38N2O. The lowest BCUT2D eigenvalue weighted by Crippen LogP contribution is -2.02. The van der Waals surface area contributed by atoms with Crippen molar-refractivity contribution < 1.29 is 4.42 Å². The SMILES string of the molecule is C1=C(c2cccc(-c3cccc4oc5ccc(-c6ccc7c(c6)c6ccccc6n7-c6ccccc6)cc5c34)c2)N=C(c2ccccc2)/C=C(/c2ccccc2)CC1. The maximum absolute atomic E-state index is 6.53. The van der Waals surface area contributed by atoms with Gasteiger partial charge in [0, 0.05) is 38.4 Å². The zero-order valence-corrected chi connectivity index (χ0v) is 31.8. The second-order valence-electron chi connectivity index (χ2n) is 15.0. The zero-order valence-electron chi connectivity index (χ0n) is 31.8. The zero-order chi connectivity index (χ0) is 38.4. The molecule has 3 heterocycles. The molecule has 0 aliphatic carbocycles. The van der Waals surface area contributed by atoms with Crippen LogP contribution in [0.15, 0.2) is 216 Å². The first-order chi connectivity index (χ1) is 28.7. The summed E-state index contributed by atoms with van der Waals surface area (Å²) in [6, 6.07) is 69.2. The normalized spacial score (nSPS) is 14.2. The fraction of sp³-hybridized carbons (Fsp3) is 0.0364. The number of para-hydroxylation sites is 2. The number of fused-ring (bicyclic) bond motifs is 6. The van der Waals surface area contributed by atoms with Crippen LogP contribution in [-0.4, -0.2) is 10.3 Å². The van der Waals surface area contributed by atoms with Crippen molar-refractivity contribution in [3.8, 4) is 27.9 Å². The molecule has 0 bridgehead atoms. The number of hydrogen-bond acceptors (Lipinski definition) is 2. The minimum Gasteiger partial charge on any atom is -0.456 e. The minimum atomic E-state index is 0.879. The molecule has 3 nitrogen and oxygen atoms in total. The molecule has 11 rings (SSSR count). The van der Waals surface area contributed by atoms with Crippen LogP contribution in [0, 0.1) is 0 Å². The Bertz CT molecular complexity index is 3250. The maximum atomic E-state index is 6.53. The third-order valence-electron chi connectivity index (χ3n) is 11.5. The summed E-state index contributed by atoms with van der Waals surface area (Å²) >= 11 is 0. The van der Waals surface area contributed by atoms with Gasteiger partial charge in [0.1, 0.15) is 11.2 Å². The summed E-state index contributed by atoms with van der Waals surface area (Å²) in [5.41, 5.74) is 16.6. The van der Waals surface area contributed by atoms with E-state index in [2.05, 4.69) is 211 Å². The molecule has 0 N–H and O–H groups in total. The number of benzene rings is 8. The predicted octanol–water partition coefficient (Wildman–Crippen LogP) is 14.7. The molecule has 8 aromatic carbocycles. The first kappa shape index (κ1) is 33.8. The van der Waals surface area contributed by atoms with Crippen molar-refractivity contribution in [2.45, 2.75) is 12.8 Å². The lowest BCUT2D eigenvalue weighted by Gasteiger charge is -2.15. The second kappa shape index (κ2) is 14.2. The summed E-state index contributed by atoms with van der Waals surface area (Å²) in [5, 5.41) is 4.70. The number of aromatic nitrogens is 1. The van der Waals surface area contributed by atoms with Gasteiger partial charge >= 0.3 is 0 Å². The molecule has 2 aromatic heterocycles. The molecule has 10 aromatic rings. The van der Waals surface area contributed by atoms with Gasteiger partial charge in [-0.1, -0.05) is 146 Å².